The Kier molecular flexibility index (Phi) is 4.82. The minimum Gasteiger partial charge on any atom is -0.497 e. The number of hydrogen-bond acceptors (Lipinski definition) is 2. The fourth-order valence-electron chi connectivity index (χ4n) is 1.14. The molecule has 0 spiro atoms. The number of urea groups is 1. The van der Waals surface area contributed by atoms with Crippen molar-refractivity contribution in [3.63, 3.8) is 0 Å². The maximum absolute atomic E-state index is 13.1. The molecule has 1 aromatic carbocycles. The first kappa shape index (κ1) is 12.8. The number of halogens is 1. The summed E-state index contributed by atoms with van der Waals surface area (Å²) in [6, 6.07) is 3.51. The van der Waals surface area contributed by atoms with Crippen molar-refractivity contribution in [1.82, 2.24) is 5.32 Å². The molecular weight excluding hydrogens is 223 g/mol. The van der Waals surface area contributed by atoms with Crippen LogP contribution < -0.4 is 15.4 Å². The lowest BCUT2D eigenvalue weighted by Gasteiger charge is -2.07. The second-order valence-corrected chi connectivity index (χ2v) is 3.11. The summed E-state index contributed by atoms with van der Waals surface area (Å²) < 4.78 is 18.0. The normalized spacial score (nSPS) is 8.88. The van der Waals surface area contributed by atoms with E-state index in [4.69, 9.17) is 4.74 Å². The average molecular weight is 236 g/mol. The van der Waals surface area contributed by atoms with E-state index in [1.807, 2.05) is 0 Å². The van der Waals surface area contributed by atoms with Crippen LogP contribution in [-0.2, 0) is 0 Å². The van der Waals surface area contributed by atoms with E-state index in [0.29, 0.717) is 11.4 Å². The quantitative estimate of drug-likeness (QED) is 0.788. The SMILES string of the molecule is CC#CCNC(=O)Nc1cc(F)cc(OC)c1. The molecule has 2 N–H and O–H groups in total. The molecule has 4 nitrogen and oxygen atoms in total. The van der Waals surface area contributed by atoms with Crippen LogP contribution in [0.15, 0.2) is 18.2 Å². The molecule has 1 aromatic rings. The highest BCUT2D eigenvalue weighted by Gasteiger charge is 2.04. The lowest BCUT2D eigenvalue weighted by molar-refractivity contribution is 0.253. The topological polar surface area (TPSA) is 50.4 Å². The molecule has 0 fully saturated rings. The number of methoxy groups -OCH3 is 1. The Bertz CT molecular complexity index is 463. The van der Waals surface area contributed by atoms with Crippen LogP contribution in [0.5, 0.6) is 5.75 Å². The van der Waals surface area contributed by atoms with Crippen molar-refractivity contribution < 1.29 is 13.9 Å². The molecule has 2 amide bonds. The summed E-state index contributed by atoms with van der Waals surface area (Å²) in [5.41, 5.74) is 0.323. The van der Waals surface area contributed by atoms with Gasteiger partial charge in [0.15, 0.2) is 0 Å². The first-order chi connectivity index (χ1) is 8.15. The third-order valence-corrected chi connectivity index (χ3v) is 1.88. The summed E-state index contributed by atoms with van der Waals surface area (Å²) in [6.07, 6.45) is 0. The van der Waals surface area contributed by atoms with E-state index in [1.165, 1.54) is 25.3 Å². The molecule has 0 unspecified atom stereocenters. The van der Waals surface area contributed by atoms with Crippen LogP contribution in [0, 0.1) is 17.7 Å². The average Bonchev–Trinajstić information content (AvgIpc) is 2.28. The summed E-state index contributed by atoms with van der Waals surface area (Å²) in [4.78, 5) is 11.3. The van der Waals surface area contributed by atoms with E-state index in [1.54, 1.807) is 6.92 Å². The van der Waals surface area contributed by atoms with E-state index >= 15 is 0 Å². The number of rotatable bonds is 3. The largest absolute Gasteiger partial charge is 0.497 e. The fourth-order valence-corrected chi connectivity index (χ4v) is 1.14. The molecule has 0 bridgehead atoms. The number of carbonyl (C=O) groups excluding carboxylic acids is 1. The number of nitrogens with one attached hydrogen (secondary N) is 2. The molecule has 17 heavy (non-hydrogen) atoms. The van der Waals surface area contributed by atoms with Gasteiger partial charge in [0.25, 0.3) is 0 Å². The zero-order valence-corrected chi connectivity index (χ0v) is 9.63. The van der Waals surface area contributed by atoms with E-state index in [9.17, 15) is 9.18 Å². The second kappa shape index (κ2) is 6.38. The number of benzene rings is 1. The van der Waals surface area contributed by atoms with Crippen molar-refractivity contribution in [2.24, 2.45) is 0 Å². The molecule has 0 aliphatic rings. The van der Waals surface area contributed by atoms with Gasteiger partial charge < -0.3 is 15.4 Å². The van der Waals surface area contributed by atoms with Gasteiger partial charge in [-0.25, -0.2) is 9.18 Å². The molecule has 0 aliphatic heterocycles. The Morgan fingerprint density at radius 1 is 1.47 bits per heavy atom. The lowest BCUT2D eigenvalue weighted by Crippen LogP contribution is -2.28. The predicted octanol–water partition coefficient (Wildman–Crippen LogP) is 1.98. The van der Waals surface area contributed by atoms with E-state index in [0.717, 1.165) is 0 Å². The summed E-state index contributed by atoms with van der Waals surface area (Å²) in [5, 5.41) is 4.98. The first-order valence-electron chi connectivity index (χ1n) is 4.94. The van der Waals surface area contributed by atoms with Gasteiger partial charge in [-0.3, -0.25) is 0 Å². The maximum Gasteiger partial charge on any atom is 0.319 e. The third kappa shape index (κ3) is 4.43. The van der Waals surface area contributed by atoms with E-state index in [2.05, 4.69) is 22.5 Å². The number of hydrogen-bond donors (Lipinski definition) is 2. The molecule has 5 heteroatoms. The van der Waals surface area contributed by atoms with Crippen molar-refractivity contribution in [2.45, 2.75) is 6.92 Å². The molecule has 0 aromatic heterocycles. The zero-order chi connectivity index (χ0) is 12.7. The summed E-state index contributed by atoms with van der Waals surface area (Å²) in [6.45, 7) is 1.92. The molecule has 0 aliphatic carbocycles. The molecule has 0 saturated carbocycles. The molecule has 0 radical (unpaired) electrons. The van der Waals surface area contributed by atoms with Crippen molar-refractivity contribution >= 4 is 11.7 Å². The zero-order valence-electron chi connectivity index (χ0n) is 9.63. The van der Waals surface area contributed by atoms with Gasteiger partial charge in [0.05, 0.1) is 13.7 Å². The van der Waals surface area contributed by atoms with Gasteiger partial charge in [0, 0.05) is 17.8 Å². The Morgan fingerprint density at radius 3 is 2.88 bits per heavy atom. The molecular formula is C12H13FN2O2. The molecule has 0 saturated heterocycles. The van der Waals surface area contributed by atoms with Gasteiger partial charge in [-0.15, -0.1) is 5.92 Å². The predicted molar refractivity (Wildman–Crippen MR) is 63.4 cm³/mol. The Labute approximate surface area is 99.2 Å². The Hall–Kier alpha value is -2.22. The molecule has 0 atom stereocenters. The number of amides is 2. The van der Waals surface area contributed by atoms with Crippen molar-refractivity contribution in [1.29, 1.82) is 0 Å². The van der Waals surface area contributed by atoms with E-state index in [-0.39, 0.29) is 6.54 Å². The summed E-state index contributed by atoms with van der Waals surface area (Å²) in [7, 11) is 1.43. The number of ether oxygens (including phenoxy) is 1. The summed E-state index contributed by atoms with van der Waals surface area (Å²) >= 11 is 0. The minimum absolute atomic E-state index is 0.245. The van der Waals surface area contributed by atoms with Gasteiger partial charge in [-0.1, -0.05) is 5.92 Å². The monoisotopic (exact) mass is 236 g/mol. The molecule has 0 heterocycles. The fraction of sp³-hybridized carbons (Fsp3) is 0.250. The highest BCUT2D eigenvalue weighted by Crippen LogP contribution is 2.19. The lowest BCUT2D eigenvalue weighted by atomic mass is 10.3. The van der Waals surface area contributed by atoms with Gasteiger partial charge in [0.2, 0.25) is 0 Å². The smallest absolute Gasteiger partial charge is 0.319 e. The van der Waals surface area contributed by atoms with Crippen molar-refractivity contribution in [3.8, 4) is 17.6 Å². The highest BCUT2D eigenvalue weighted by atomic mass is 19.1. The molecule has 90 valence electrons. The van der Waals surface area contributed by atoms with Crippen LogP contribution in [0.1, 0.15) is 6.92 Å². The second-order valence-electron chi connectivity index (χ2n) is 3.11. The highest BCUT2D eigenvalue weighted by molar-refractivity contribution is 5.89. The standard InChI is InChI=1S/C12H13FN2O2/c1-3-4-5-14-12(16)15-10-6-9(13)7-11(8-10)17-2/h6-8H,5H2,1-2H3,(H2,14,15,16). The molecule has 1 rings (SSSR count). The third-order valence-electron chi connectivity index (χ3n) is 1.88. The van der Waals surface area contributed by atoms with Crippen LogP contribution in [0.3, 0.4) is 0 Å². The van der Waals surface area contributed by atoms with E-state index < -0.39 is 11.8 Å². The van der Waals surface area contributed by atoms with Crippen LogP contribution in [0.4, 0.5) is 14.9 Å². The van der Waals surface area contributed by atoms with Gasteiger partial charge in [0.1, 0.15) is 11.6 Å². The first-order valence-corrected chi connectivity index (χ1v) is 4.94. The Morgan fingerprint density at radius 2 is 2.24 bits per heavy atom. The van der Waals surface area contributed by atoms with Crippen LogP contribution >= 0.6 is 0 Å². The number of carbonyl (C=O) groups is 1. The Balaban J connectivity index is 2.63. The van der Waals surface area contributed by atoms with Crippen molar-refractivity contribution in [2.75, 3.05) is 19.0 Å². The maximum atomic E-state index is 13.1. The number of anilines is 1. The van der Waals surface area contributed by atoms with Gasteiger partial charge >= 0.3 is 6.03 Å². The van der Waals surface area contributed by atoms with Crippen molar-refractivity contribution in [3.05, 3.63) is 24.0 Å². The summed E-state index contributed by atoms with van der Waals surface area (Å²) in [5.74, 6) is 5.18. The van der Waals surface area contributed by atoms with Gasteiger partial charge in [-0.2, -0.15) is 0 Å². The van der Waals surface area contributed by atoms with Crippen LogP contribution in [0.2, 0.25) is 0 Å². The van der Waals surface area contributed by atoms with Crippen LogP contribution in [-0.4, -0.2) is 19.7 Å². The van der Waals surface area contributed by atoms with Gasteiger partial charge in [-0.05, 0) is 13.0 Å². The van der Waals surface area contributed by atoms with Crippen LogP contribution in [0.25, 0.3) is 0 Å². The minimum atomic E-state index is -0.479.